The topological polar surface area (TPSA) is 78.5 Å². The van der Waals surface area contributed by atoms with Crippen LogP contribution in [-0.4, -0.2) is 41.0 Å². The highest BCUT2D eigenvalue weighted by atomic mass is 32.2. The summed E-state index contributed by atoms with van der Waals surface area (Å²) < 4.78 is 0. The van der Waals surface area contributed by atoms with Crippen molar-refractivity contribution in [3.05, 3.63) is 54.1 Å². The average molecular weight is 438 g/mol. The predicted molar refractivity (Wildman–Crippen MR) is 123 cm³/mol. The van der Waals surface area contributed by atoms with Crippen LogP contribution in [-0.2, 0) is 9.59 Å². The van der Waals surface area contributed by atoms with E-state index in [2.05, 4.69) is 10.6 Å². The van der Waals surface area contributed by atoms with Gasteiger partial charge in [0.2, 0.25) is 11.8 Å². The fourth-order valence-electron chi connectivity index (χ4n) is 4.14. The van der Waals surface area contributed by atoms with Crippen molar-refractivity contribution in [2.45, 2.75) is 54.7 Å². The van der Waals surface area contributed by atoms with E-state index in [9.17, 15) is 14.4 Å². The lowest BCUT2D eigenvalue weighted by Gasteiger charge is -2.31. The van der Waals surface area contributed by atoms with Crippen LogP contribution in [0.3, 0.4) is 0 Å². The summed E-state index contributed by atoms with van der Waals surface area (Å²) in [4.78, 5) is 40.4. The van der Waals surface area contributed by atoms with Crippen LogP contribution < -0.4 is 10.6 Å². The molecule has 0 aromatic heterocycles. The van der Waals surface area contributed by atoms with Gasteiger partial charge in [-0.15, -0.1) is 11.8 Å². The number of para-hydroxylation sites is 1. The van der Waals surface area contributed by atoms with Crippen LogP contribution in [0.2, 0.25) is 0 Å². The third-order valence-electron chi connectivity index (χ3n) is 5.94. The molecule has 1 aliphatic heterocycles. The molecule has 31 heavy (non-hydrogen) atoms. The maximum Gasteiger partial charge on any atom is 0.253 e. The van der Waals surface area contributed by atoms with Gasteiger partial charge in [0.05, 0.1) is 10.9 Å². The molecule has 0 radical (unpaired) electrons. The van der Waals surface area contributed by atoms with E-state index in [0.717, 1.165) is 23.4 Å². The van der Waals surface area contributed by atoms with Crippen molar-refractivity contribution >= 4 is 40.9 Å². The highest BCUT2D eigenvalue weighted by Crippen LogP contribution is 2.36. The van der Waals surface area contributed by atoms with Crippen LogP contribution in [0, 0.1) is 0 Å². The minimum Gasteiger partial charge on any atom is -0.339 e. The van der Waals surface area contributed by atoms with Crippen molar-refractivity contribution in [2.75, 3.05) is 17.7 Å². The molecule has 7 heteroatoms. The largest absolute Gasteiger partial charge is 0.339 e. The van der Waals surface area contributed by atoms with Crippen molar-refractivity contribution < 1.29 is 14.4 Å². The van der Waals surface area contributed by atoms with Crippen LogP contribution in [0.15, 0.2) is 53.4 Å². The summed E-state index contributed by atoms with van der Waals surface area (Å²) >= 11 is 1.40. The summed E-state index contributed by atoms with van der Waals surface area (Å²) in [7, 11) is 1.87. The van der Waals surface area contributed by atoms with E-state index in [-0.39, 0.29) is 24.1 Å². The second-order valence-corrected chi connectivity index (χ2v) is 9.37. The summed E-state index contributed by atoms with van der Waals surface area (Å²) in [5.41, 5.74) is 2.01. The van der Waals surface area contributed by atoms with E-state index in [0.29, 0.717) is 17.3 Å². The molecule has 1 aliphatic carbocycles. The number of benzene rings is 2. The summed E-state index contributed by atoms with van der Waals surface area (Å²) in [5.74, 6) is -0.380. The molecule has 6 nitrogen and oxygen atoms in total. The van der Waals surface area contributed by atoms with Gasteiger partial charge in [0.25, 0.3) is 5.91 Å². The number of amides is 3. The number of carbonyl (C=O) groups excluding carboxylic acids is 3. The molecule has 2 aromatic rings. The van der Waals surface area contributed by atoms with Crippen molar-refractivity contribution in [1.82, 2.24) is 4.90 Å². The molecule has 1 atom stereocenters. The number of fused-ring (bicyclic) bond motifs is 1. The van der Waals surface area contributed by atoms with Crippen LogP contribution in [0.25, 0.3) is 0 Å². The Morgan fingerprint density at radius 2 is 1.77 bits per heavy atom. The van der Waals surface area contributed by atoms with Gasteiger partial charge in [-0.2, -0.15) is 0 Å². The minimum absolute atomic E-state index is 0.0127. The van der Waals surface area contributed by atoms with Gasteiger partial charge in [0.15, 0.2) is 0 Å². The normalized spacial score (nSPS) is 18.6. The van der Waals surface area contributed by atoms with Gasteiger partial charge in [0.1, 0.15) is 0 Å². The number of rotatable bonds is 5. The van der Waals surface area contributed by atoms with E-state index < -0.39 is 5.25 Å². The highest BCUT2D eigenvalue weighted by molar-refractivity contribution is 8.01. The lowest BCUT2D eigenvalue weighted by Crippen LogP contribution is -2.38. The van der Waals surface area contributed by atoms with Gasteiger partial charge >= 0.3 is 0 Å². The molecule has 2 N–H and O–H groups in total. The summed E-state index contributed by atoms with van der Waals surface area (Å²) in [6.07, 6.45) is 5.81. The molecule has 1 unspecified atom stereocenters. The average Bonchev–Trinajstić information content (AvgIpc) is 2.79. The fraction of sp³-hybridized carbons (Fsp3) is 0.375. The summed E-state index contributed by atoms with van der Waals surface area (Å²) in [6, 6.07) is 14.8. The first kappa shape index (κ1) is 21.4. The second kappa shape index (κ2) is 9.56. The zero-order chi connectivity index (χ0) is 21.8. The first-order valence-electron chi connectivity index (χ1n) is 10.7. The maximum atomic E-state index is 12.8. The quantitative estimate of drug-likeness (QED) is 0.720. The number of anilines is 2. The number of carbonyl (C=O) groups is 3. The number of nitrogens with zero attached hydrogens (tertiary/aromatic N) is 1. The summed E-state index contributed by atoms with van der Waals surface area (Å²) in [5, 5.41) is 5.22. The van der Waals surface area contributed by atoms with Gasteiger partial charge in [0, 0.05) is 35.7 Å². The smallest absolute Gasteiger partial charge is 0.253 e. The molecule has 3 amide bonds. The third-order valence-corrected chi connectivity index (χ3v) is 7.21. The van der Waals surface area contributed by atoms with E-state index >= 15 is 0 Å². The number of nitrogens with one attached hydrogen (secondary N) is 2. The Morgan fingerprint density at radius 1 is 1.06 bits per heavy atom. The molecule has 1 fully saturated rings. The Balaban J connectivity index is 1.33. The van der Waals surface area contributed by atoms with E-state index in [1.54, 1.807) is 24.3 Å². The van der Waals surface area contributed by atoms with Gasteiger partial charge < -0.3 is 15.5 Å². The van der Waals surface area contributed by atoms with Crippen LogP contribution in [0.4, 0.5) is 11.4 Å². The van der Waals surface area contributed by atoms with Crippen LogP contribution in [0.1, 0.15) is 48.9 Å². The predicted octanol–water partition coefficient (Wildman–Crippen LogP) is 4.53. The number of hydrogen-bond donors (Lipinski definition) is 2. The van der Waals surface area contributed by atoms with Crippen molar-refractivity contribution in [2.24, 2.45) is 0 Å². The monoisotopic (exact) mass is 437 g/mol. The van der Waals surface area contributed by atoms with Crippen molar-refractivity contribution in [3.63, 3.8) is 0 Å². The molecule has 0 saturated heterocycles. The molecule has 0 spiro atoms. The van der Waals surface area contributed by atoms with E-state index in [4.69, 9.17) is 0 Å². The molecule has 2 aliphatic rings. The first-order valence-corrected chi connectivity index (χ1v) is 11.6. The molecular weight excluding hydrogens is 410 g/mol. The van der Waals surface area contributed by atoms with Gasteiger partial charge in [-0.05, 0) is 49.2 Å². The molecule has 1 heterocycles. The summed E-state index contributed by atoms with van der Waals surface area (Å²) in [6.45, 7) is 0. The van der Waals surface area contributed by atoms with Crippen molar-refractivity contribution in [3.8, 4) is 0 Å². The Kier molecular flexibility index (Phi) is 6.61. The minimum atomic E-state index is -0.472. The number of hydrogen-bond acceptors (Lipinski definition) is 4. The maximum absolute atomic E-state index is 12.8. The Hall–Kier alpha value is -2.80. The fourth-order valence-corrected chi connectivity index (χ4v) is 5.25. The third kappa shape index (κ3) is 5.10. The van der Waals surface area contributed by atoms with Gasteiger partial charge in [-0.1, -0.05) is 31.4 Å². The SMILES string of the molecule is CN(C(=O)c1ccc(NC(=O)CC2Sc3ccccc3NC2=O)cc1)C1CCCCC1. The lowest BCUT2D eigenvalue weighted by atomic mass is 9.94. The van der Waals surface area contributed by atoms with Crippen molar-refractivity contribution in [1.29, 1.82) is 0 Å². The first-order chi connectivity index (χ1) is 15.0. The van der Waals surface area contributed by atoms with E-state index in [1.165, 1.54) is 31.0 Å². The Bertz CT molecular complexity index is 970. The molecular formula is C24H27N3O3S. The molecule has 1 saturated carbocycles. The Labute approximate surface area is 186 Å². The molecule has 162 valence electrons. The zero-order valence-corrected chi connectivity index (χ0v) is 18.4. The van der Waals surface area contributed by atoms with E-state index in [1.807, 2.05) is 36.2 Å². The van der Waals surface area contributed by atoms with Crippen LogP contribution in [0.5, 0.6) is 0 Å². The zero-order valence-electron chi connectivity index (χ0n) is 17.6. The number of thioether (sulfide) groups is 1. The van der Waals surface area contributed by atoms with Crippen LogP contribution >= 0.6 is 11.8 Å². The van der Waals surface area contributed by atoms with Gasteiger partial charge in [-0.3, -0.25) is 14.4 Å². The lowest BCUT2D eigenvalue weighted by molar-refractivity contribution is -0.120. The molecule has 0 bridgehead atoms. The molecule has 2 aromatic carbocycles. The highest BCUT2D eigenvalue weighted by Gasteiger charge is 2.29. The Morgan fingerprint density at radius 3 is 2.52 bits per heavy atom. The second-order valence-electron chi connectivity index (χ2n) is 8.13. The standard InChI is InChI=1S/C24H27N3O3S/c1-27(18-7-3-2-4-8-18)24(30)16-11-13-17(14-12-16)25-22(28)15-21-23(29)26-19-9-5-6-10-20(19)31-21/h5-6,9-14,18,21H,2-4,7-8,15H2,1H3,(H,25,28)(H,26,29). The van der Waals surface area contributed by atoms with Gasteiger partial charge in [-0.25, -0.2) is 0 Å². The molecule has 4 rings (SSSR count).